The van der Waals surface area contributed by atoms with Gasteiger partial charge in [-0.05, 0) is 67.5 Å². The fourth-order valence-corrected chi connectivity index (χ4v) is 6.80. The lowest BCUT2D eigenvalue weighted by Crippen LogP contribution is -2.55. The van der Waals surface area contributed by atoms with Gasteiger partial charge in [-0.1, -0.05) is 24.1 Å². The molecule has 0 saturated heterocycles. The van der Waals surface area contributed by atoms with Crippen molar-refractivity contribution in [2.75, 3.05) is 6.26 Å². The third-order valence-electron chi connectivity index (χ3n) is 7.51. The number of hydrogen-bond donors (Lipinski definition) is 1. The number of benzene rings is 1. The molecule has 182 valence electrons. The number of nitrogens with one attached hydrogen (secondary N) is 1. The standard InChI is InChI=1S/C24H25F4N3O2S/c1-23-12-14-13-29-31(17-6-4-16(25)5-7-17)21(14)11-15(23)3-8-18-19(23)9-10-20(24(26,27)28)22(18)30-34(2,32)33/h4-7,9,11,13,18,20,22,30H,3,8,10,12H2,1-2H3/t18-,20+,22+,23-/m0/s1. The van der Waals surface area contributed by atoms with E-state index in [1.165, 1.54) is 12.1 Å². The van der Waals surface area contributed by atoms with E-state index in [1.54, 1.807) is 29.1 Å². The number of nitrogens with zero attached hydrogens (tertiary/aromatic N) is 2. The first-order valence-electron chi connectivity index (χ1n) is 11.2. The lowest BCUT2D eigenvalue weighted by molar-refractivity contribution is -0.185. The first-order chi connectivity index (χ1) is 15.9. The number of sulfonamides is 1. The summed E-state index contributed by atoms with van der Waals surface area (Å²) in [5.41, 5.74) is 4.00. The van der Waals surface area contributed by atoms with E-state index < -0.39 is 39.5 Å². The smallest absolute Gasteiger partial charge is 0.233 e. The van der Waals surface area contributed by atoms with E-state index in [9.17, 15) is 26.0 Å². The van der Waals surface area contributed by atoms with E-state index in [4.69, 9.17) is 0 Å². The number of halogens is 4. The van der Waals surface area contributed by atoms with Gasteiger partial charge in [0.25, 0.3) is 0 Å². The Bertz CT molecular complexity index is 1290. The second-order valence-corrected chi connectivity index (χ2v) is 11.5. The predicted molar refractivity (Wildman–Crippen MR) is 120 cm³/mol. The zero-order chi connectivity index (χ0) is 24.5. The molecule has 3 aliphatic carbocycles. The summed E-state index contributed by atoms with van der Waals surface area (Å²) >= 11 is 0. The van der Waals surface area contributed by atoms with Crippen LogP contribution in [0.25, 0.3) is 11.8 Å². The second-order valence-electron chi connectivity index (χ2n) is 9.73. The van der Waals surface area contributed by atoms with E-state index in [0.717, 1.165) is 34.3 Å². The molecular formula is C24H25F4N3O2S. The van der Waals surface area contributed by atoms with Crippen molar-refractivity contribution in [2.24, 2.45) is 17.3 Å². The minimum Gasteiger partial charge on any atom is -0.233 e. The maximum absolute atomic E-state index is 13.8. The minimum absolute atomic E-state index is 0.257. The summed E-state index contributed by atoms with van der Waals surface area (Å²) in [6.45, 7) is 2.03. The van der Waals surface area contributed by atoms with Crippen LogP contribution in [0.2, 0.25) is 0 Å². The van der Waals surface area contributed by atoms with Crippen molar-refractivity contribution < 1.29 is 26.0 Å². The van der Waals surface area contributed by atoms with Crippen LogP contribution in [0, 0.1) is 23.1 Å². The average molecular weight is 496 g/mol. The molecule has 5 rings (SSSR count). The van der Waals surface area contributed by atoms with Crippen LogP contribution >= 0.6 is 0 Å². The molecule has 0 unspecified atom stereocenters. The molecule has 3 aliphatic rings. The Morgan fingerprint density at radius 3 is 2.56 bits per heavy atom. The van der Waals surface area contributed by atoms with Crippen molar-refractivity contribution >= 4 is 16.1 Å². The lowest BCUT2D eigenvalue weighted by Gasteiger charge is -2.51. The summed E-state index contributed by atoms with van der Waals surface area (Å²) in [6.07, 6.45) is 3.16. The molecule has 34 heavy (non-hydrogen) atoms. The number of rotatable bonds is 3. The van der Waals surface area contributed by atoms with Crippen molar-refractivity contribution in [3.05, 3.63) is 64.8 Å². The molecule has 0 aliphatic heterocycles. The van der Waals surface area contributed by atoms with Gasteiger partial charge in [0.05, 0.1) is 29.8 Å². The predicted octanol–water partition coefficient (Wildman–Crippen LogP) is 4.79. The molecule has 1 heterocycles. The molecule has 2 aromatic rings. The molecule has 1 N–H and O–H groups in total. The maximum atomic E-state index is 13.8. The molecule has 4 atom stereocenters. The summed E-state index contributed by atoms with van der Waals surface area (Å²) < 4.78 is 82.9. The molecule has 0 amide bonds. The summed E-state index contributed by atoms with van der Waals surface area (Å²) in [6, 6.07) is 4.81. The largest absolute Gasteiger partial charge is 0.393 e. The van der Waals surface area contributed by atoms with Crippen molar-refractivity contribution in [2.45, 2.75) is 44.8 Å². The van der Waals surface area contributed by atoms with Crippen LogP contribution in [0.4, 0.5) is 17.6 Å². The second kappa shape index (κ2) is 7.78. The summed E-state index contributed by atoms with van der Waals surface area (Å²) in [4.78, 5) is 0. The SMILES string of the molecule is C[C@]12Cc3cnn(-c4ccc(F)cc4)c3C=C1CC[C@H]1C2=CC[C@@H](C(F)(F)F)[C@@H]1NS(C)(=O)=O. The normalized spacial score (nSPS) is 28.9. The van der Waals surface area contributed by atoms with Crippen molar-refractivity contribution in [1.29, 1.82) is 0 Å². The zero-order valence-corrected chi connectivity index (χ0v) is 19.5. The van der Waals surface area contributed by atoms with Crippen molar-refractivity contribution in [3.8, 4) is 5.69 Å². The number of fused-ring (bicyclic) bond motifs is 4. The number of allylic oxidation sites excluding steroid dienone is 2. The Hall–Kier alpha value is -2.46. The van der Waals surface area contributed by atoms with Crippen LogP contribution in [-0.2, 0) is 16.4 Å². The number of aromatic nitrogens is 2. The highest BCUT2D eigenvalue weighted by Gasteiger charge is 2.54. The first kappa shape index (κ1) is 23.3. The van der Waals surface area contributed by atoms with E-state index >= 15 is 0 Å². The molecular weight excluding hydrogens is 470 g/mol. The lowest BCUT2D eigenvalue weighted by atomic mass is 9.55. The minimum atomic E-state index is -4.50. The summed E-state index contributed by atoms with van der Waals surface area (Å²) in [5, 5.41) is 4.49. The van der Waals surface area contributed by atoms with Gasteiger partial charge < -0.3 is 0 Å². The molecule has 0 bridgehead atoms. The Kier molecular flexibility index (Phi) is 5.33. The van der Waals surface area contributed by atoms with Crippen LogP contribution in [-0.4, -0.2) is 36.7 Å². The fourth-order valence-electron chi connectivity index (χ4n) is 5.98. The molecule has 1 fully saturated rings. The van der Waals surface area contributed by atoms with Crippen LogP contribution in [0.5, 0.6) is 0 Å². The van der Waals surface area contributed by atoms with Gasteiger partial charge in [-0.3, -0.25) is 0 Å². The van der Waals surface area contributed by atoms with Crippen LogP contribution < -0.4 is 4.72 Å². The van der Waals surface area contributed by atoms with Crippen molar-refractivity contribution in [1.82, 2.24) is 14.5 Å². The van der Waals surface area contributed by atoms with Gasteiger partial charge in [-0.2, -0.15) is 18.3 Å². The molecule has 1 saturated carbocycles. The third kappa shape index (κ3) is 3.90. The van der Waals surface area contributed by atoms with E-state index in [-0.39, 0.29) is 12.2 Å². The summed E-state index contributed by atoms with van der Waals surface area (Å²) in [7, 11) is -3.83. The Morgan fingerprint density at radius 2 is 1.91 bits per heavy atom. The topological polar surface area (TPSA) is 64.0 Å². The fraction of sp³-hybridized carbons (Fsp3) is 0.458. The van der Waals surface area contributed by atoms with E-state index in [2.05, 4.69) is 9.82 Å². The van der Waals surface area contributed by atoms with Gasteiger partial charge in [-0.25, -0.2) is 22.2 Å². The highest BCUT2D eigenvalue weighted by molar-refractivity contribution is 7.88. The Morgan fingerprint density at radius 1 is 1.21 bits per heavy atom. The Labute approximate surface area is 195 Å². The molecule has 1 aromatic carbocycles. The van der Waals surface area contributed by atoms with Crippen LogP contribution in [0.1, 0.15) is 37.4 Å². The van der Waals surface area contributed by atoms with Crippen LogP contribution in [0.15, 0.2) is 47.7 Å². The Balaban J connectivity index is 1.54. The molecule has 0 radical (unpaired) electrons. The van der Waals surface area contributed by atoms with Gasteiger partial charge >= 0.3 is 6.18 Å². The van der Waals surface area contributed by atoms with E-state index in [1.807, 2.05) is 13.0 Å². The highest BCUT2D eigenvalue weighted by Crippen LogP contribution is 2.57. The molecule has 0 spiro atoms. The molecule has 5 nitrogen and oxygen atoms in total. The average Bonchev–Trinajstić information content (AvgIpc) is 3.13. The molecule has 1 aromatic heterocycles. The highest BCUT2D eigenvalue weighted by atomic mass is 32.2. The van der Waals surface area contributed by atoms with Crippen LogP contribution in [0.3, 0.4) is 0 Å². The van der Waals surface area contributed by atoms with E-state index in [0.29, 0.717) is 19.3 Å². The van der Waals surface area contributed by atoms with Gasteiger partial charge in [0.15, 0.2) is 0 Å². The van der Waals surface area contributed by atoms with Gasteiger partial charge in [0.2, 0.25) is 10.0 Å². The third-order valence-corrected chi connectivity index (χ3v) is 8.21. The molecule has 10 heteroatoms. The van der Waals surface area contributed by atoms with Gasteiger partial charge in [0, 0.05) is 11.5 Å². The summed E-state index contributed by atoms with van der Waals surface area (Å²) in [5.74, 6) is -2.64. The number of alkyl halides is 3. The van der Waals surface area contributed by atoms with Gasteiger partial charge in [0.1, 0.15) is 5.82 Å². The first-order valence-corrected chi connectivity index (χ1v) is 13.0. The quantitative estimate of drug-likeness (QED) is 0.492. The van der Waals surface area contributed by atoms with Gasteiger partial charge in [-0.15, -0.1) is 0 Å². The number of hydrogen-bond acceptors (Lipinski definition) is 3. The monoisotopic (exact) mass is 495 g/mol. The maximum Gasteiger partial charge on any atom is 0.393 e. The van der Waals surface area contributed by atoms with Crippen molar-refractivity contribution in [3.63, 3.8) is 0 Å². The zero-order valence-electron chi connectivity index (χ0n) is 18.7.